The molecule has 1 unspecified atom stereocenters. The fraction of sp³-hybridized carbons (Fsp3) is 0.611. The summed E-state index contributed by atoms with van der Waals surface area (Å²) in [5.41, 5.74) is 2.79. The summed E-state index contributed by atoms with van der Waals surface area (Å²) < 4.78 is 0. The Hall–Kier alpha value is -1.35. The number of rotatable bonds is 5. The Morgan fingerprint density at radius 3 is 2.10 bits per heavy atom. The van der Waals surface area contributed by atoms with E-state index >= 15 is 0 Å². The molecule has 0 bridgehead atoms. The smallest absolute Gasteiger partial charge is 0.278 e. The summed E-state index contributed by atoms with van der Waals surface area (Å²) in [5.74, 6) is 0.119. The lowest BCUT2D eigenvalue weighted by atomic mass is 9.87. The first-order valence-corrected chi connectivity index (χ1v) is 7.83. The third-order valence-electron chi connectivity index (χ3n) is 3.87. The second-order valence-corrected chi connectivity index (χ2v) is 7.36. The number of hydrogen-bond acceptors (Lipinski definition) is 1. The van der Waals surface area contributed by atoms with Crippen molar-refractivity contribution in [1.82, 2.24) is 5.32 Å². The molecule has 3 nitrogen and oxygen atoms in total. The van der Waals surface area contributed by atoms with Gasteiger partial charge >= 0.3 is 0 Å². The van der Waals surface area contributed by atoms with Crippen LogP contribution in [0, 0.1) is 0 Å². The Morgan fingerprint density at radius 2 is 1.67 bits per heavy atom. The topological polar surface area (TPSA) is 33.5 Å². The normalized spacial score (nSPS) is 14.9. The molecule has 1 rings (SSSR count). The van der Waals surface area contributed by atoms with E-state index in [-0.39, 0.29) is 23.4 Å². The van der Waals surface area contributed by atoms with Crippen LogP contribution in [-0.2, 0) is 16.8 Å². The second kappa shape index (κ2) is 7.08. The fourth-order valence-corrected chi connectivity index (χ4v) is 2.23. The van der Waals surface area contributed by atoms with E-state index in [1.165, 1.54) is 16.0 Å². The highest BCUT2D eigenvalue weighted by Gasteiger charge is 2.22. The van der Waals surface area contributed by atoms with Crippen molar-refractivity contribution < 1.29 is 9.69 Å². The molecule has 2 atom stereocenters. The van der Waals surface area contributed by atoms with Crippen LogP contribution in [0.1, 0.15) is 52.7 Å². The number of hydrogen-bond donors (Lipinski definition) is 2. The van der Waals surface area contributed by atoms with Crippen molar-refractivity contribution in [2.45, 2.75) is 65.6 Å². The van der Waals surface area contributed by atoms with Crippen molar-refractivity contribution in [3.05, 3.63) is 35.4 Å². The lowest BCUT2D eigenvalue weighted by Crippen LogP contribution is -3.12. The minimum absolute atomic E-state index is 0.0466. The van der Waals surface area contributed by atoms with Crippen molar-refractivity contribution in [3.63, 3.8) is 0 Å². The maximum absolute atomic E-state index is 12.0. The fourth-order valence-electron chi connectivity index (χ4n) is 2.23. The molecule has 0 saturated heterocycles. The molecule has 3 heteroatoms. The minimum Gasteiger partial charge on any atom is -0.349 e. The number of quaternary nitrogens is 1. The van der Waals surface area contributed by atoms with Gasteiger partial charge in [0.25, 0.3) is 5.91 Å². The molecule has 0 fully saturated rings. The number of amides is 1. The van der Waals surface area contributed by atoms with Gasteiger partial charge in [0, 0.05) is 11.6 Å². The molecule has 2 N–H and O–H groups in total. The average molecular weight is 291 g/mol. The maximum atomic E-state index is 12.0. The molecule has 0 aliphatic rings. The quantitative estimate of drug-likeness (QED) is 0.854. The van der Waals surface area contributed by atoms with E-state index in [4.69, 9.17) is 0 Å². The zero-order valence-electron chi connectivity index (χ0n) is 14.6. The summed E-state index contributed by atoms with van der Waals surface area (Å²) in [6, 6.07) is 8.89. The van der Waals surface area contributed by atoms with Gasteiger partial charge in [-0.05, 0) is 31.7 Å². The Morgan fingerprint density at radius 1 is 1.14 bits per heavy atom. The Kier molecular flexibility index (Phi) is 5.97. The Balaban J connectivity index is 2.66. The van der Waals surface area contributed by atoms with Crippen molar-refractivity contribution in [2.75, 3.05) is 7.05 Å². The van der Waals surface area contributed by atoms with Gasteiger partial charge in [0.1, 0.15) is 6.54 Å². The summed E-state index contributed by atoms with van der Waals surface area (Å²) in [6.45, 7) is 13.5. The molecule has 0 aliphatic heterocycles. The molecule has 0 heterocycles. The van der Waals surface area contributed by atoms with Gasteiger partial charge in [-0.15, -0.1) is 0 Å². The van der Waals surface area contributed by atoms with Gasteiger partial charge in [0.15, 0.2) is 6.04 Å². The predicted octanol–water partition coefficient (Wildman–Crippen LogP) is 1.91. The zero-order valence-corrected chi connectivity index (χ0v) is 14.6. The first-order chi connectivity index (χ1) is 9.61. The molecule has 0 aliphatic carbocycles. The van der Waals surface area contributed by atoms with Crippen LogP contribution in [0.5, 0.6) is 0 Å². The number of carbonyl (C=O) groups is 1. The van der Waals surface area contributed by atoms with Crippen LogP contribution in [0.2, 0.25) is 0 Å². The van der Waals surface area contributed by atoms with Crippen LogP contribution < -0.4 is 10.2 Å². The summed E-state index contributed by atoms with van der Waals surface area (Å²) in [4.78, 5) is 13.2. The van der Waals surface area contributed by atoms with Crippen molar-refractivity contribution in [1.29, 1.82) is 0 Å². The van der Waals surface area contributed by atoms with Gasteiger partial charge in [-0.2, -0.15) is 0 Å². The second-order valence-electron chi connectivity index (χ2n) is 7.36. The highest BCUT2D eigenvalue weighted by Crippen LogP contribution is 2.21. The van der Waals surface area contributed by atoms with E-state index in [0.29, 0.717) is 0 Å². The van der Waals surface area contributed by atoms with Crippen LogP contribution in [0.4, 0.5) is 0 Å². The van der Waals surface area contributed by atoms with E-state index in [9.17, 15) is 4.79 Å². The average Bonchev–Trinajstić information content (AvgIpc) is 2.36. The standard InChI is InChI=1S/C18H30N2O/c1-13(2)19-17(21)14(3)20(7)12-15-8-10-16(11-9-15)18(4,5)6/h8-11,13-14H,12H2,1-7H3,(H,19,21)/p+1/t14-/m0/s1. The van der Waals surface area contributed by atoms with Gasteiger partial charge in [0.2, 0.25) is 0 Å². The summed E-state index contributed by atoms with van der Waals surface area (Å²) in [7, 11) is 2.07. The van der Waals surface area contributed by atoms with Crippen molar-refractivity contribution >= 4 is 5.91 Å². The third-order valence-corrected chi connectivity index (χ3v) is 3.87. The molecule has 1 aromatic carbocycles. The van der Waals surface area contributed by atoms with Gasteiger partial charge in [-0.3, -0.25) is 4.79 Å². The van der Waals surface area contributed by atoms with Gasteiger partial charge in [0.05, 0.1) is 7.05 Å². The Bertz CT molecular complexity index is 457. The van der Waals surface area contributed by atoms with Gasteiger partial charge in [-0.1, -0.05) is 45.0 Å². The summed E-state index contributed by atoms with van der Waals surface area (Å²) >= 11 is 0. The molecule has 0 spiro atoms. The lowest BCUT2D eigenvalue weighted by Gasteiger charge is -2.23. The van der Waals surface area contributed by atoms with E-state index in [2.05, 4.69) is 57.4 Å². The molecule has 0 radical (unpaired) electrons. The number of benzene rings is 1. The van der Waals surface area contributed by atoms with Crippen LogP contribution in [-0.4, -0.2) is 25.0 Å². The van der Waals surface area contributed by atoms with Gasteiger partial charge < -0.3 is 10.2 Å². The van der Waals surface area contributed by atoms with E-state index in [1.54, 1.807) is 0 Å². The van der Waals surface area contributed by atoms with E-state index < -0.39 is 0 Å². The SMILES string of the molecule is CC(C)NC(=O)[C@H](C)[NH+](C)Cc1ccc(C(C)(C)C)cc1. The largest absolute Gasteiger partial charge is 0.349 e. The summed E-state index contributed by atoms with van der Waals surface area (Å²) in [6.07, 6.45) is 0. The van der Waals surface area contributed by atoms with Gasteiger partial charge in [-0.25, -0.2) is 0 Å². The minimum atomic E-state index is -0.0466. The predicted molar refractivity (Wildman–Crippen MR) is 88.5 cm³/mol. The van der Waals surface area contributed by atoms with E-state index in [1.807, 2.05) is 20.8 Å². The number of carbonyl (C=O) groups excluding carboxylic acids is 1. The first-order valence-electron chi connectivity index (χ1n) is 7.83. The van der Waals surface area contributed by atoms with E-state index in [0.717, 1.165) is 6.54 Å². The molecule has 1 amide bonds. The highest BCUT2D eigenvalue weighted by atomic mass is 16.2. The number of nitrogens with one attached hydrogen (secondary N) is 2. The van der Waals surface area contributed by atoms with Crippen molar-refractivity contribution in [3.8, 4) is 0 Å². The molecule has 118 valence electrons. The molecule has 0 saturated carbocycles. The zero-order chi connectivity index (χ0) is 16.2. The molecule has 21 heavy (non-hydrogen) atoms. The van der Waals surface area contributed by atoms with Crippen LogP contribution in [0.3, 0.4) is 0 Å². The Labute approximate surface area is 129 Å². The molecule has 1 aromatic rings. The number of likely N-dealkylation sites (N-methyl/N-ethyl adjacent to an activating group) is 1. The van der Waals surface area contributed by atoms with Crippen LogP contribution in [0.15, 0.2) is 24.3 Å². The molecule has 0 aromatic heterocycles. The van der Waals surface area contributed by atoms with Crippen LogP contribution >= 0.6 is 0 Å². The lowest BCUT2D eigenvalue weighted by molar-refractivity contribution is -0.908. The molecular weight excluding hydrogens is 260 g/mol. The summed E-state index contributed by atoms with van der Waals surface area (Å²) in [5, 5.41) is 2.98. The maximum Gasteiger partial charge on any atom is 0.278 e. The third kappa shape index (κ3) is 5.50. The first kappa shape index (κ1) is 17.7. The van der Waals surface area contributed by atoms with Crippen molar-refractivity contribution in [2.24, 2.45) is 0 Å². The van der Waals surface area contributed by atoms with Crippen LogP contribution in [0.25, 0.3) is 0 Å². The molecular formula is C18H31N2O+. The highest BCUT2D eigenvalue weighted by molar-refractivity contribution is 5.80. The monoisotopic (exact) mass is 291 g/mol.